The summed E-state index contributed by atoms with van der Waals surface area (Å²) in [4.78, 5) is 11.4. The van der Waals surface area contributed by atoms with E-state index in [1.54, 1.807) is 0 Å². The highest BCUT2D eigenvalue weighted by atomic mass is 16.7. The smallest absolute Gasteiger partial charge is 0.186 e. The highest BCUT2D eigenvalue weighted by Gasteiger charge is 2.43. The van der Waals surface area contributed by atoms with Crippen LogP contribution in [0.15, 0.2) is 0 Å². The van der Waals surface area contributed by atoms with Crippen LogP contribution in [0.1, 0.15) is 32.1 Å². The Bertz CT molecular complexity index is 377. The van der Waals surface area contributed by atoms with E-state index in [1.807, 2.05) is 0 Å². The van der Waals surface area contributed by atoms with Gasteiger partial charge in [-0.3, -0.25) is 4.79 Å². The first kappa shape index (κ1) is 19.0. The Morgan fingerprint density at radius 1 is 1.14 bits per heavy atom. The number of aliphatic hydroxyl groups excluding tert-OH is 4. The van der Waals surface area contributed by atoms with Crippen molar-refractivity contribution in [2.45, 2.75) is 62.8 Å². The van der Waals surface area contributed by atoms with Gasteiger partial charge in [-0.15, -0.1) is 12.3 Å². The van der Waals surface area contributed by atoms with E-state index in [2.05, 4.69) is 5.92 Å². The number of aliphatic hydroxyl groups is 4. The molecule has 0 aromatic carbocycles. The number of rotatable bonds is 9. The molecule has 1 aliphatic heterocycles. The van der Waals surface area contributed by atoms with E-state index in [4.69, 9.17) is 21.0 Å². The van der Waals surface area contributed by atoms with Crippen molar-refractivity contribution in [2.24, 2.45) is 0 Å². The maximum Gasteiger partial charge on any atom is 0.186 e. The van der Waals surface area contributed by atoms with Crippen molar-refractivity contribution in [3.8, 4) is 12.3 Å². The van der Waals surface area contributed by atoms with Crippen molar-refractivity contribution in [1.82, 2.24) is 0 Å². The quantitative estimate of drug-likeness (QED) is 0.317. The molecule has 0 aliphatic carbocycles. The molecule has 1 heterocycles. The Morgan fingerprint density at radius 3 is 2.50 bits per heavy atom. The average Bonchev–Trinajstić information content (AvgIpc) is 2.52. The fourth-order valence-electron chi connectivity index (χ4n) is 2.17. The highest BCUT2D eigenvalue weighted by Crippen LogP contribution is 2.22. The standard InChI is InChI=1S/C15H24O7/c1-2-3-6-10(17)7-4-5-8-21-15-14(20)13(19)12(18)11(9-16)22-15/h1,11-16,18-20H,3-9H2. The average molecular weight is 316 g/mol. The van der Waals surface area contributed by atoms with Crippen LogP contribution in [0.25, 0.3) is 0 Å². The van der Waals surface area contributed by atoms with Gasteiger partial charge in [-0.25, -0.2) is 0 Å². The van der Waals surface area contributed by atoms with Crippen molar-refractivity contribution >= 4 is 5.78 Å². The van der Waals surface area contributed by atoms with Gasteiger partial charge < -0.3 is 29.9 Å². The lowest BCUT2D eigenvalue weighted by molar-refractivity contribution is -0.301. The van der Waals surface area contributed by atoms with Gasteiger partial charge in [-0.05, 0) is 12.8 Å². The molecule has 0 aromatic rings. The molecule has 22 heavy (non-hydrogen) atoms. The molecular weight excluding hydrogens is 292 g/mol. The predicted molar refractivity (Wildman–Crippen MR) is 76.6 cm³/mol. The summed E-state index contributed by atoms with van der Waals surface area (Å²) in [6, 6.07) is 0. The third-order valence-corrected chi connectivity index (χ3v) is 3.53. The Hall–Kier alpha value is -1.01. The second-order valence-electron chi connectivity index (χ2n) is 5.27. The van der Waals surface area contributed by atoms with Crippen LogP contribution in [0.3, 0.4) is 0 Å². The molecule has 5 atom stereocenters. The maximum absolute atomic E-state index is 11.4. The first-order chi connectivity index (χ1) is 10.5. The van der Waals surface area contributed by atoms with E-state index < -0.39 is 37.3 Å². The summed E-state index contributed by atoms with van der Waals surface area (Å²) < 4.78 is 10.5. The zero-order valence-electron chi connectivity index (χ0n) is 12.4. The van der Waals surface area contributed by atoms with Gasteiger partial charge in [0.1, 0.15) is 30.2 Å². The molecule has 0 spiro atoms. The molecule has 0 bridgehead atoms. The summed E-state index contributed by atoms with van der Waals surface area (Å²) in [7, 11) is 0. The number of hydrogen-bond acceptors (Lipinski definition) is 7. The van der Waals surface area contributed by atoms with Gasteiger partial charge in [0, 0.05) is 25.9 Å². The topological polar surface area (TPSA) is 116 Å². The third kappa shape index (κ3) is 5.65. The number of terminal acetylenes is 1. The molecule has 5 unspecified atom stereocenters. The minimum atomic E-state index is -1.44. The van der Waals surface area contributed by atoms with E-state index in [0.717, 1.165) is 0 Å². The van der Waals surface area contributed by atoms with E-state index >= 15 is 0 Å². The first-order valence-corrected chi connectivity index (χ1v) is 7.38. The normalized spacial score (nSPS) is 31.7. The fourth-order valence-corrected chi connectivity index (χ4v) is 2.17. The van der Waals surface area contributed by atoms with Crippen LogP contribution >= 0.6 is 0 Å². The summed E-state index contributed by atoms with van der Waals surface area (Å²) in [5.41, 5.74) is 0. The van der Waals surface area contributed by atoms with Crippen LogP contribution in [-0.2, 0) is 14.3 Å². The number of ketones is 1. The van der Waals surface area contributed by atoms with E-state index in [0.29, 0.717) is 32.1 Å². The molecule has 7 heteroatoms. The Kier molecular flexibility index (Phi) is 8.56. The molecule has 1 aliphatic rings. The second kappa shape index (κ2) is 9.90. The van der Waals surface area contributed by atoms with Gasteiger partial charge in [-0.2, -0.15) is 0 Å². The van der Waals surface area contributed by atoms with Crippen LogP contribution in [-0.4, -0.2) is 70.1 Å². The van der Waals surface area contributed by atoms with Crippen LogP contribution in [0.4, 0.5) is 0 Å². The molecular formula is C15H24O7. The van der Waals surface area contributed by atoms with E-state index in [9.17, 15) is 20.1 Å². The molecule has 0 aromatic heterocycles. The van der Waals surface area contributed by atoms with Gasteiger partial charge in [-0.1, -0.05) is 0 Å². The first-order valence-electron chi connectivity index (χ1n) is 7.38. The van der Waals surface area contributed by atoms with Gasteiger partial charge in [0.25, 0.3) is 0 Å². The lowest BCUT2D eigenvalue weighted by Gasteiger charge is -2.39. The van der Waals surface area contributed by atoms with Crippen molar-refractivity contribution in [2.75, 3.05) is 13.2 Å². The monoisotopic (exact) mass is 316 g/mol. The lowest BCUT2D eigenvalue weighted by atomic mass is 9.99. The minimum absolute atomic E-state index is 0.103. The molecule has 1 rings (SSSR count). The Balaban J connectivity index is 2.24. The lowest BCUT2D eigenvalue weighted by Crippen LogP contribution is -2.59. The minimum Gasteiger partial charge on any atom is -0.394 e. The van der Waals surface area contributed by atoms with Crippen LogP contribution in [0.2, 0.25) is 0 Å². The summed E-state index contributed by atoms with van der Waals surface area (Å²) in [6.07, 6.45) is 1.20. The van der Waals surface area contributed by atoms with Crippen molar-refractivity contribution in [1.29, 1.82) is 0 Å². The highest BCUT2D eigenvalue weighted by molar-refractivity contribution is 5.78. The summed E-state index contributed by atoms with van der Waals surface area (Å²) in [5.74, 6) is 2.51. The van der Waals surface area contributed by atoms with Crippen molar-refractivity contribution in [3.05, 3.63) is 0 Å². The summed E-state index contributed by atoms with van der Waals surface area (Å²) in [5, 5.41) is 38.0. The van der Waals surface area contributed by atoms with Crippen LogP contribution in [0, 0.1) is 12.3 Å². The molecule has 1 saturated heterocycles. The number of unbranched alkanes of at least 4 members (excludes halogenated alkanes) is 1. The maximum atomic E-state index is 11.4. The number of carbonyl (C=O) groups excluding carboxylic acids is 1. The fraction of sp³-hybridized carbons (Fsp3) is 0.800. The third-order valence-electron chi connectivity index (χ3n) is 3.53. The van der Waals surface area contributed by atoms with Gasteiger partial charge in [0.2, 0.25) is 0 Å². The molecule has 1 fully saturated rings. The Labute approximate surface area is 129 Å². The van der Waals surface area contributed by atoms with Gasteiger partial charge in [0.05, 0.1) is 6.61 Å². The van der Waals surface area contributed by atoms with E-state index in [1.165, 1.54) is 0 Å². The van der Waals surface area contributed by atoms with Gasteiger partial charge in [0.15, 0.2) is 6.29 Å². The zero-order chi connectivity index (χ0) is 16.5. The number of hydrogen-bond donors (Lipinski definition) is 4. The zero-order valence-corrected chi connectivity index (χ0v) is 12.4. The number of Topliss-reactive ketones (excluding diaryl/α,β-unsaturated/α-hetero) is 1. The Morgan fingerprint density at radius 2 is 1.86 bits per heavy atom. The molecule has 0 amide bonds. The molecule has 126 valence electrons. The largest absolute Gasteiger partial charge is 0.394 e. The molecule has 7 nitrogen and oxygen atoms in total. The van der Waals surface area contributed by atoms with Crippen molar-refractivity contribution < 1.29 is 34.7 Å². The van der Waals surface area contributed by atoms with E-state index in [-0.39, 0.29) is 12.4 Å². The second-order valence-corrected chi connectivity index (χ2v) is 5.27. The summed E-state index contributed by atoms with van der Waals surface area (Å²) in [6.45, 7) is -0.264. The molecule has 0 saturated carbocycles. The van der Waals surface area contributed by atoms with Crippen LogP contribution in [0.5, 0.6) is 0 Å². The summed E-state index contributed by atoms with van der Waals surface area (Å²) >= 11 is 0. The number of carbonyl (C=O) groups is 1. The SMILES string of the molecule is C#CCCC(=O)CCCCOC1OC(CO)C(O)C(O)C1O. The molecule has 4 N–H and O–H groups in total. The van der Waals surface area contributed by atoms with Crippen molar-refractivity contribution in [3.63, 3.8) is 0 Å². The number of ether oxygens (including phenoxy) is 2. The van der Waals surface area contributed by atoms with Gasteiger partial charge >= 0.3 is 0 Å². The molecule has 0 radical (unpaired) electrons. The van der Waals surface area contributed by atoms with Crippen LogP contribution < -0.4 is 0 Å². The predicted octanol–water partition coefficient (Wildman–Crippen LogP) is -1.04.